The summed E-state index contributed by atoms with van der Waals surface area (Å²) >= 11 is 0. The van der Waals surface area contributed by atoms with Gasteiger partial charge in [-0.1, -0.05) is 65.3 Å². The Balaban J connectivity index is 1.38. The fourth-order valence-corrected chi connectivity index (χ4v) is 13.3. The number of ether oxygens (including phenoxy) is 3. The Morgan fingerprint density at radius 1 is 0.796 bits per heavy atom. The van der Waals surface area contributed by atoms with E-state index >= 15 is 0 Å². The van der Waals surface area contributed by atoms with Crippen molar-refractivity contribution in [3.8, 4) is 0 Å². The number of aliphatic hydroxyl groups excluding tert-OH is 9. The van der Waals surface area contributed by atoms with E-state index in [1.54, 1.807) is 0 Å². The van der Waals surface area contributed by atoms with Crippen LogP contribution in [-0.2, 0) is 14.2 Å². The predicted octanol–water partition coefficient (Wildman–Crippen LogP) is 2.40. The third-order valence-corrected chi connectivity index (χ3v) is 16.3. The summed E-state index contributed by atoms with van der Waals surface area (Å²) in [7, 11) is 0. The van der Waals surface area contributed by atoms with E-state index in [-0.39, 0.29) is 46.3 Å². The third kappa shape index (κ3) is 6.79. The zero-order valence-electron chi connectivity index (χ0n) is 33.5. The molecule has 1 aliphatic heterocycles. The molecule has 0 aromatic rings. The summed E-state index contributed by atoms with van der Waals surface area (Å²) in [5.41, 5.74) is -0.261. The number of hydrogen-bond acceptors (Lipinski definition) is 12. The molecule has 0 spiro atoms. The van der Waals surface area contributed by atoms with Gasteiger partial charge in [0.05, 0.1) is 30.5 Å². The topological polar surface area (TPSA) is 210 Å². The minimum atomic E-state index is -1.87. The van der Waals surface area contributed by atoms with Crippen LogP contribution in [0, 0.1) is 57.2 Å². The first-order valence-electron chi connectivity index (χ1n) is 20.5. The summed E-state index contributed by atoms with van der Waals surface area (Å²) in [4.78, 5) is 0. The van der Waals surface area contributed by atoms with Crippen molar-refractivity contribution in [3.63, 3.8) is 0 Å². The maximum absolute atomic E-state index is 12.2. The first-order chi connectivity index (χ1) is 25.1. The molecular formula is C42H70O12. The maximum atomic E-state index is 12.2. The molecule has 0 bridgehead atoms. The van der Waals surface area contributed by atoms with Crippen molar-refractivity contribution in [3.05, 3.63) is 23.8 Å². The van der Waals surface area contributed by atoms with Crippen molar-refractivity contribution in [2.75, 3.05) is 6.61 Å². The van der Waals surface area contributed by atoms with Crippen molar-refractivity contribution < 1.29 is 60.2 Å². The summed E-state index contributed by atoms with van der Waals surface area (Å²) in [6, 6.07) is 0. The standard InChI is InChI=1S/C42H70O12/c1-20(2)10-9-11-21(3)23-12-15-41(7)29(23)24(44)17-27-40(6)14-13-28(45)39(4,5)36(40)26(18-42(27,41)8)52-25-16-22(19-43)30(46)32(48)35(25)53-38-34(50)31(47)33(49)37(51)54-38/h9-11,21-38,43-51H,12-19H2,1-8H3/b11-9+/t21?,22-,23-,24+,25-,26-,27?,28-,29-,30-,31-,32?,33-,34-,35+,36?,37-,38-,40-,41+,42-/m1/s1. The first kappa shape index (κ1) is 42.6. The SMILES string of the molecule is CC(C)=C/C=C/C(C)[C@H]1CC[C@@]2(C)[C@H]1[C@@H](O)CC1[C@@]3(C)CC[C@@H](O)C(C)(C)C3[C@H](O[C@@H]3C[C@H](CO)[C@@H](O)C(O)[C@H]3O[C@@H]3O[C@@H](O)[C@H](O)[C@@H](O)[C@H]3O)C[C@]12C. The van der Waals surface area contributed by atoms with Gasteiger partial charge in [0.2, 0.25) is 0 Å². The molecule has 0 radical (unpaired) electrons. The van der Waals surface area contributed by atoms with Crippen molar-refractivity contribution in [1.29, 1.82) is 0 Å². The molecule has 6 fully saturated rings. The molecule has 0 aromatic heterocycles. The van der Waals surface area contributed by atoms with Gasteiger partial charge in [-0.25, -0.2) is 0 Å². The van der Waals surface area contributed by atoms with E-state index in [4.69, 9.17) is 14.2 Å². The largest absolute Gasteiger partial charge is 0.396 e. The molecule has 21 atom stereocenters. The van der Waals surface area contributed by atoms with Crippen molar-refractivity contribution in [2.24, 2.45) is 57.2 Å². The Morgan fingerprint density at radius 3 is 2.13 bits per heavy atom. The lowest BCUT2D eigenvalue weighted by molar-refractivity contribution is -0.367. The van der Waals surface area contributed by atoms with Gasteiger partial charge in [-0.05, 0) is 110 Å². The van der Waals surface area contributed by atoms with Gasteiger partial charge in [0.15, 0.2) is 12.6 Å². The van der Waals surface area contributed by atoms with Crippen molar-refractivity contribution in [2.45, 2.75) is 174 Å². The highest BCUT2D eigenvalue weighted by Crippen LogP contribution is 2.76. The van der Waals surface area contributed by atoms with Crippen LogP contribution in [0.1, 0.15) is 100 Å². The molecule has 6 rings (SSSR count). The van der Waals surface area contributed by atoms with Gasteiger partial charge in [0.1, 0.15) is 30.5 Å². The molecule has 5 saturated carbocycles. The zero-order chi connectivity index (χ0) is 39.9. The highest BCUT2D eigenvalue weighted by Gasteiger charge is 2.73. The molecule has 310 valence electrons. The Bertz CT molecular complexity index is 1380. The van der Waals surface area contributed by atoms with Crippen LogP contribution in [0.3, 0.4) is 0 Å². The minimum Gasteiger partial charge on any atom is -0.396 e. The molecule has 5 aliphatic carbocycles. The molecule has 0 amide bonds. The van der Waals surface area contributed by atoms with Crippen LogP contribution in [0.5, 0.6) is 0 Å². The van der Waals surface area contributed by atoms with E-state index in [1.165, 1.54) is 5.57 Å². The number of allylic oxidation sites excluding steroid dienone is 4. The quantitative estimate of drug-likeness (QED) is 0.163. The van der Waals surface area contributed by atoms with Crippen LogP contribution in [0.15, 0.2) is 23.8 Å². The van der Waals surface area contributed by atoms with E-state index in [1.807, 2.05) is 0 Å². The molecule has 9 N–H and O–H groups in total. The van der Waals surface area contributed by atoms with Crippen LogP contribution in [-0.4, -0.2) is 126 Å². The Morgan fingerprint density at radius 2 is 1.48 bits per heavy atom. The van der Waals surface area contributed by atoms with Gasteiger partial charge in [0.25, 0.3) is 0 Å². The molecule has 4 unspecified atom stereocenters. The van der Waals surface area contributed by atoms with E-state index in [0.29, 0.717) is 25.2 Å². The van der Waals surface area contributed by atoms with Crippen molar-refractivity contribution in [1.82, 2.24) is 0 Å². The second-order valence-electron chi connectivity index (χ2n) is 19.8. The fraction of sp³-hybridized carbons (Fsp3) is 0.905. The van der Waals surface area contributed by atoms with Crippen molar-refractivity contribution >= 4 is 0 Å². The van der Waals surface area contributed by atoms with Crippen LogP contribution < -0.4 is 0 Å². The summed E-state index contributed by atoms with van der Waals surface area (Å²) in [5, 5.41) is 98.3. The van der Waals surface area contributed by atoms with Crippen LogP contribution >= 0.6 is 0 Å². The minimum absolute atomic E-state index is 0.0627. The molecule has 0 aromatic carbocycles. The fourth-order valence-electron chi connectivity index (χ4n) is 13.3. The average molecular weight is 767 g/mol. The summed E-state index contributed by atoms with van der Waals surface area (Å²) in [6.45, 7) is 17.2. The summed E-state index contributed by atoms with van der Waals surface area (Å²) in [6.07, 6.45) is -4.53. The summed E-state index contributed by atoms with van der Waals surface area (Å²) < 4.78 is 18.7. The van der Waals surface area contributed by atoms with E-state index in [9.17, 15) is 46.0 Å². The monoisotopic (exact) mass is 766 g/mol. The average Bonchev–Trinajstić information content (AvgIpc) is 3.48. The Hall–Kier alpha value is -1.00. The normalized spacial score (nSPS) is 53.7. The smallest absolute Gasteiger partial charge is 0.189 e. The molecule has 6 aliphatic rings. The van der Waals surface area contributed by atoms with Gasteiger partial charge in [-0.15, -0.1) is 0 Å². The number of hydrogen-bond donors (Lipinski definition) is 9. The van der Waals surface area contributed by atoms with E-state index in [2.05, 4.69) is 73.6 Å². The van der Waals surface area contributed by atoms with Crippen LogP contribution in [0.25, 0.3) is 0 Å². The van der Waals surface area contributed by atoms with E-state index < -0.39 is 91.6 Å². The molecular weight excluding hydrogens is 696 g/mol. The summed E-state index contributed by atoms with van der Waals surface area (Å²) in [5.74, 6) is -0.189. The van der Waals surface area contributed by atoms with Gasteiger partial charge < -0.3 is 60.2 Å². The van der Waals surface area contributed by atoms with Crippen LogP contribution in [0.4, 0.5) is 0 Å². The first-order valence-corrected chi connectivity index (χ1v) is 20.5. The van der Waals surface area contributed by atoms with Crippen LogP contribution in [0.2, 0.25) is 0 Å². The molecule has 1 heterocycles. The second kappa shape index (κ2) is 15.3. The molecule has 12 heteroatoms. The number of aliphatic hydroxyl groups is 9. The highest BCUT2D eigenvalue weighted by molar-refractivity contribution is 5.22. The number of rotatable bonds is 8. The number of fused-ring (bicyclic) bond motifs is 5. The molecule has 1 saturated heterocycles. The zero-order valence-corrected chi connectivity index (χ0v) is 33.5. The second-order valence-corrected chi connectivity index (χ2v) is 19.8. The lowest BCUT2D eigenvalue weighted by atomic mass is 9.34. The van der Waals surface area contributed by atoms with Gasteiger partial charge in [0, 0.05) is 12.5 Å². The predicted molar refractivity (Wildman–Crippen MR) is 199 cm³/mol. The maximum Gasteiger partial charge on any atom is 0.189 e. The van der Waals surface area contributed by atoms with Gasteiger partial charge in [-0.2, -0.15) is 0 Å². The lowest BCUT2D eigenvalue weighted by Gasteiger charge is -2.72. The van der Waals surface area contributed by atoms with Gasteiger partial charge in [-0.3, -0.25) is 0 Å². The third-order valence-electron chi connectivity index (χ3n) is 16.3. The molecule has 12 nitrogen and oxygen atoms in total. The Labute approximate surface area is 321 Å². The van der Waals surface area contributed by atoms with Gasteiger partial charge >= 0.3 is 0 Å². The Kier molecular flexibility index (Phi) is 12.1. The molecule has 54 heavy (non-hydrogen) atoms. The lowest BCUT2D eigenvalue weighted by Crippen LogP contribution is -2.70. The van der Waals surface area contributed by atoms with E-state index in [0.717, 1.165) is 19.3 Å². The highest BCUT2D eigenvalue weighted by atomic mass is 16.8.